The number of rotatable bonds is 3. The third kappa shape index (κ3) is 2.39. The average Bonchev–Trinajstić information content (AvgIpc) is 2.93. The minimum absolute atomic E-state index is 0.216. The first kappa shape index (κ1) is 14.1. The summed E-state index contributed by atoms with van der Waals surface area (Å²) in [5.74, 6) is -0.274. The molecule has 2 N–H and O–H groups in total. The fraction of sp³-hybridized carbons (Fsp3) is 0.188. The van der Waals surface area contributed by atoms with E-state index in [2.05, 4.69) is 10.1 Å². The van der Waals surface area contributed by atoms with Gasteiger partial charge in [0.25, 0.3) is 0 Å². The molecule has 0 radical (unpaired) electrons. The largest absolute Gasteiger partial charge is 0.462 e. The molecular formula is C16H16N4O2. The van der Waals surface area contributed by atoms with Crippen molar-refractivity contribution in [2.24, 2.45) is 0 Å². The number of hydrogen-bond donors (Lipinski definition) is 1. The van der Waals surface area contributed by atoms with Gasteiger partial charge in [-0.25, -0.2) is 9.78 Å². The van der Waals surface area contributed by atoms with Crippen molar-refractivity contribution < 1.29 is 9.53 Å². The number of nitrogen functional groups attached to an aromatic ring is 1. The fourth-order valence-corrected chi connectivity index (χ4v) is 2.18. The summed E-state index contributed by atoms with van der Waals surface area (Å²) >= 11 is 0. The number of aromatic nitrogens is 3. The molecule has 0 unspecified atom stereocenters. The lowest BCUT2D eigenvalue weighted by atomic mass is 10.1. The van der Waals surface area contributed by atoms with Gasteiger partial charge in [-0.05, 0) is 13.8 Å². The zero-order chi connectivity index (χ0) is 15.7. The van der Waals surface area contributed by atoms with Gasteiger partial charge in [-0.2, -0.15) is 9.61 Å². The van der Waals surface area contributed by atoms with Crippen molar-refractivity contribution in [1.29, 1.82) is 0 Å². The first-order valence-corrected chi connectivity index (χ1v) is 6.98. The van der Waals surface area contributed by atoms with Crippen LogP contribution in [0.4, 0.5) is 5.82 Å². The second-order valence-corrected chi connectivity index (χ2v) is 4.94. The highest BCUT2D eigenvalue weighted by atomic mass is 16.5. The predicted molar refractivity (Wildman–Crippen MR) is 83.5 cm³/mol. The molecule has 1 aromatic carbocycles. The first-order valence-electron chi connectivity index (χ1n) is 6.98. The molecule has 0 aliphatic heterocycles. The van der Waals surface area contributed by atoms with E-state index >= 15 is 0 Å². The van der Waals surface area contributed by atoms with Crippen LogP contribution in [0.1, 0.15) is 22.8 Å². The third-order valence-electron chi connectivity index (χ3n) is 3.36. The quantitative estimate of drug-likeness (QED) is 0.751. The average molecular weight is 296 g/mol. The van der Waals surface area contributed by atoms with E-state index in [4.69, 9.17) is 10.5 Å². The number of esters is 1. The lowest BCUT2D eigenvalue weighted by molar-refractivity contribution is 0.0526. The number of fused-ring (bicyclic) bond motifs is 1. The van der Waals surface area contributed by atoms with Crippen LogP contribution in [-0.4, -0.2) is 27.2 Å². The van der Waals surface area contributed by atoms with Crippen molar-refractivity contribution in [3.05, 3.63) is 47.7 Å². The first-order chi connectivity index (χ1) is 10.6. The van der Waals surface area contributed by atoms with Gasteiger partial charge < -0.3 is 10.5 Å². The molecule has 0 aliphatic rings. The summed E-state index contributed by atoms with van der Waals surface area (Å²) in [5, 5.41) is 4.44. The summed E-state index contributed by atoms with van der Waals surface area (Å²) in [5.41, 5.74) is 9.72. The molecule has 3 aromatic rings. The molecule has 0 saturated heterocycles. The highest BCUT2D eigenvalue weighted by Crippen LogP contribution is 2.22. The zero-order valence-corrected chi connectivity index (χ0v) is 12.4. The molecule has 2 heterocycles. The minimum Gasteiger partial charge on any atom is -0.462 e. The van der Waals surface area contributed by atoms with Gasteiger partial charge in [-0.15, -0.1) is 0 Å². The number of nitrogens with two attached hydrogens (primary N) is 1. The summed E-state index contributed by atoms with van der Waals surface area (Å²) in [7, 11) is 0. The van der Waals surface area contributed by atoms with Gasteiger partial charge >= 0.3 is 5.97 Å². The van der Waals surface area contributed by atoms with Crippen molar-refractivity contribution >= 4 is 17.4 Å². The molecule has 0 saturated carbocycles. The maximum absolute atomic E-state index is 11.8. The van der Waals surface area contributed by atoms with Crippen LogP contribution in [0.5, 0.6) is 0 Å². The summed E-state index contributed by atoms with van der Waals surface area (Å²) < 4.78 is 6.42. The number of anilines is 1. The Labute approximate surface area is 127 Å². The van der Waals surface area contributed by atoms with Crippen molar-refractivity contribution in [3.63, 3.8) is 0 Å². The molecule has 0 bridgehead atoms. The van der Waals surface area contributed by atoms with Crippen molar-refractivity contribution in [2.75, 3.05) is 12.3 Å². The van der Waals surface area contributed by atoms with E-state index in [1.54, 1.807) is 6.92 Å². The number of nitrogens with zero attached hydrogens (tertiary/aromatic N) is 3. The Hall–Kier alpha value is -2.89. The summed E-state index contributed by atoms with van der Waals surface area (Å²) in [6, 6.07) is 9.83. The molecule has 0 amide bonds. The Bertz CT molecular complexity index is 837. The zero-order valence-electron chi connectivity index (χ0n) is 12.4. The van der Waals surface area contributed by atoms with E-state index in [0.717, 1.165) is 11.3 Å². The summed E-state index contributed by atoms with van der Waals surface area (Å²) in [6.07, 6.45) is 1.42. The van der Waals surface area contributed by atoms with Crippen LogP contribution >= 0.6 is 0 Å². The highest BCUT2D eigenvalue weighted by molar-refractivity contribution is 5.94. The van der Waals surface area contributed by atoms with Crippen molar-refractivity contribution in [2.45, 2.75) is 13.8 Å². The normalized spacial score (nSPS) is 10.8. The maximum Gasteiger partial charge on any atom is 0.343 e. The van der Waals surface area contributed by atoms with Gasteiger partial charge in [-0.3, -0.25) is 0 Å². The lowest BCUT2D eigenvalue weighted by Gasteiger charge is -2.05. The highest BCUT2D eigenvalue weighted by Gasteiger charge is 2.16. The second kappa shape index (κ2) is 5.48. The van der Waals surface area contributed by atoms with Crippen molar-refractivity contribution in [1.82, 2.24) is 14.6 Å². The van der Waals surface area contributed by atoms with Crippen LogP contribution in [0.25, 0.3) is 16.9 Å². The fourth-order valence-electron chi connectivity index (χ4n) is 2.18. The Kier molecular flexibility index (Phi) is 3.50. The number of hydrogen-bond acceptors (Lipinski definition) is 5. The monoisotopic (exact) mass is 296 g/mol. The standard InChI is InChI=1S/C16H16N4O2/c1-3-22-16(21)12-9-18-14-8-13(19-20(14)15(12)17)11-6-4-10(2)5-7-11/h4-9H,3,17H2,1-2H3. The number of aryl methyl sites for hydroxylation is 1. The van der Waals surface area contributed by atoms with Gasteiger partial charge in [0.15, 0.2) is 5.65 Å². The van der Waals surface area contributed by atoms with E-state index in [9.17, 15) is 4.79 Å². The molecule has 112 valence electrons. The van der Waals surface area contributed by atoms with Gasteiger partial charge in [-0.1, -0.05) is 29.8 Å². The number of benzene rings is 1. The molecule has 0 spiro atoms. The van der Waals surface area contributed by atoms with Crippen molar-refractivity contribution in [3.8, 4) is 11.3 Å². The minimum atomic E-state index is -0.498. The van der Waals surface area contributed by atoms with E-state index in [1.807, 2.05) is 37.3 Å². The van der Waals surface area contributed by atoms with Crippen LogP contribution in [-0.2, 0) is 4.74 Å². The van der Waals surface area contributed by atoms with E-state index in [1.165, 1.54) is 16.3 Å². The smallest absolute Gasteiger partial charge is 0.343 e. The topological polar surface area (TPSA) is 82.5 Å². The molecule has 0 fully saturated rings. The number of ether oxygens (including phenoxy) is 1. The number of carbonyl (C=O) groups is 1. The molecule has 3 rings (SSSR count). The Morgan fingerprint density at radius 3 is 2.73 bits per heavy atom. The Balaban J connectivity index is 2.08. The maximum atomic E-state index is 11.8. The molecule has 22 heavy (non-hydrogen) atoms. The molecule has 2 aromatic heterocycles. The SMILES string of the molecule is CCOC(=O)c1cnc2cc(-c3ccc(C)cc3)nn2c1N. The number of carbonyl (C=O) groups excluding carboxylic acids is 1. The molecular weight excluding hydrogens is 280 g/mol. The van der Waals surface area contributed by atoms with E-state index in [0.29, 0.717) is 5.65 Å². The Morgan fingerprint density at radius 1 is 1.32 bits per heavy atom. The van der Waals surface area contributed by atoms with Gasteiger partial charge in [0.2, 0.25) is 0 Å². The van der Waals surface area contributed by atoms with Crippen LogP contribution in [0.3, 0.4) is 0 Å². The van der Waals surface area contributed by atoms with Crippen LogP contribution in [0, 0.1) is 6.92 Å². The third-order valence-corrected chi connectivity index (χ3v) is 3.36. The molecule has 0 aliphatic carbocycles. The molecule has 6 heteroatoms. The lowest BCUT2D eigenvalue weighted by Crippen LogP contribution is -2.12. The Morgan fingerprint density at radius 2 is 2.05 bits per heavy atom. The van der Waals surface area contributed by atoms with Gasteiger partial charge in [0.05, 0.1) is 12.3 Å². The summed E-state index contributed by atoms with van der Waals surface area (Å²) in [4.78, 5) is 16.1. The second-order valence-electron chi connectivity index (χ2n) is 4.94. The van der Waals surface area contributed by atoms with Gasteiger partial charge in [0, 0.05) is 17.8 Å². The van der Waals surface area contributed by atoms with E-state index in [-0.39, 0.29) is 18.0 Å². The molecule has 6 nitrogen and oxygen atoms in total. The van der Waals surface area contributed by atoms with Crippen LogP contribution in [0.15, 0.2) is 36.5 Å². The predicted octanol–water partition coefficient (Wildman–Crippen LogP) is 2.46. The van der Waals surface area contributed by atoms with Gasteiger partial charge in [0.1, 0.15) is 11.4 Å². The molecule has 0 atom stereocenters. The van der Waals surface area contributed by atoms with Crippen LogP contribution in [0.2, 0.25) is 0 Å². The van der Waals surface area contributed by atoms with E-state index < -0.39 is 5.97 Å². The van der Waals surface area contributed by atoms with Crippen LogP contribution < -0.4 is 5.73 Å². The summed E-state index contributed by atoms with van der Waals surface area (Å²) in [6.45, 7) is 4.05.